The van der Waals surface area contributed by atoms with Gasteiger partial charge in [0.05, 0.1) is 6.54 Å². The number of rotatable bonds is 6. The Hall–Kier alpha value is -3.66. The maximum Gasteiger partial charge on any atom is 0.387 e. The van der Waals surface area contributed by atoms with Gasteiger partial charge < -0.3 is 20.4 Å². The minimum Gasteiger partial charge on any atom is -0.435 e. The molecule has 0 saturated carbocycles. The summed E-state index contributed by atoms with van der Waals surface area (Å²) in [6, 6.07) is 8.91. The van der Waals surface area contributed by atoms with Crippen LogP contribution in [0, 0.1) is 22.7 Å². The average Bonchev–Trinajstić information content (AvgIpc) is 2.97. The maximum absolute atomic E-state index is 12.0. The Bertz CT molecular complexity index is 773. The zero-order chi connectivity index (χ0) is 17.5. The van der Waals surface area contributed by atoms with Gasteiger partial charge >= 0.3 is 6.61 Å². The first-order valence-corrected chi connectivity index (χ1v) is 6.50. The predicted octanol–water partition coefficient (Wildman–Crippen LogP) is 1.81. The molecule has 0 spiro atoms. The first kappa shape index (κ1) is 16.7. The Morgan fingerprint density at radius 1 is 1.29 bits per heavy atom. The van der Waals surface area contributed by atoms with E-state index < -0.39 is 12.5 Å². The SMILES string of the molecule is N#Cc1nc(NCC(=O)Nc2ccc(OC(F)F)cc2)[nH]c1C#N. The second kappa shape index (κ2) is 7.56. The molecule has 0 unspecified atom stereocenters. The highest BCUT2D eigenvalue weighted by Crippen LogP contribution is 2.17. The fourth-order valence-electron chi connectivity index (χ4n) is 1.71. The molecule has 1 heterocycles. The molecular formula is C14H10F2N6O2. The zero-order valence-electron chi connectivity index (χ0n) is 12.0. The Balaban J connectivity index is 1.88. The van der Waals surface area contributed by atoms with Gasteiger partial charge in [-0.1, -0.05) is 0 Å². The van der Waals surface area contributed by atoms with Gasteiger partial charge in [-0.05, 0) is 24.3 Å². The molecule has 8 nitrogen and oxygen atoms in total. The number of imidazole rings is 1. The first-order valence-electron chi connectivity index (χ1n) is 6.50. The second-order valence-corrected chi connectivity index (χ2v) is 4.34. The number of aromatic amines is 1. The van der Waals surface area contributed by atoms with E-state index in [-0.39, 0.29) is 29.6 Å². The van der Waals surface area contributed by atoms with Crippen LogP contribution in [0.1, 0.15) is 11.4 Å². The van der Waals surface area contributed by atoms with E-state index in [9.17, 15) is 13.6 Å². The van der Waals surface area contributed by atoms with Crippen molar-refractivity contribution in [2.24, 2.45) is 0 Å². The Kier molecular flexibility index (Phi) is 5.26. The summed E-state index contributed by atoms with van der Waals surface area (Å²) in [5, 5.41) is 22.7. The van der Waals surface area contributed by atoms with Gasteiger partial charge in [-0.15, -0.1) is 0 Å². The lowest BCUT2D eigenvalue weighted by Gasteiger charge is -2.08. The quantitative estimate of drug-likeness (QED) is 0.740. The molecule has 0 bridgehead atoms. The highest BCUT2D eigenvalue weighted by atomic mass is 19.3. The molecule has 2 aromatic rings. The third-order valence-corrected chi connectivity index (χ3v) is 2.70. The van der Waals surface area contributed by atoms with Crippen molar-refractivity contribution in [2.75, 3.05) is 17.2 Å². The summed E-state index contributed by atoms with van der Waals surface area (Å²) < 4.78 is 28.2. The van der Waals surface area contributed by atoms with Gasteiger partial charge in [0, 0.05) is 5.69 Å². The minimum atomic E-state index is -2.92. The smallest absolute Gasteiger partial charge is 0.387 e. The molecule has 0 fully saturated rings. The van der Waals surface area contributed by atoms with Gasteiger partial charge in [0.25, 0.3) is 0 Å². The lowest BCUT2D eigenvalue weighted by molar-refractivity contribution is -0.114. The standard InChI is InChI=1S/C14H10F2N6O2/c15-13(16)24-9-3-1-8(2-4-9)20-12(23)7-19-14-21-10(5-17)11(6-18)22-14/h1-4,13H,7H2,(H,20,23)(H2,19,21,22). The van der Waals surface area contributed by atoms with Crippen molar-refractivity contribution in [1.82, 2.24) is 9.97 Å². The number of alkyl halides is 2. The lowest BCUT2D eigenvalue weighted by atomic mass is 10.3. The van der Waals surface area contributed by atoms with Crippen molar-refractivity contribution >= 4 is 17.5 Å². The van der Waals surface area contributed by atoms with Crippen LogP contribution in [0.4, 0.5) is 20.4 Å². The molecule has 0 atom stereocenters. The molecule has 24 heavy (non-hydrogen) atoms. The molecule has 122 valence electrons. The minimum absolute atomic E-state index is 0.00460. The monoisotopic (exact) mass is 332 g/mol. The number of hydrogen-bond donors (Lipinski definition) is 3. The van der Waals surface area contributed by atoms with E-state index in [1.807, 2.05) is 0 Å². The third-order valence-electron chi connectivity index (χ3n) is 2.70. The van der Waals surface area contributed by atoms with Crippen molar-refractivity contribution in [3.8, 4) is 17.9 Å². The van der Waals surface area contributed by atoms with Gasteiger partial charge in [0.2, 0.25) is 11.9 Å². The van der Waals surface area contributed by atoms with Gasteiger partial charge in [0.15, 0.2) is 11.4 Å². The van der Waals surface area contributed by atoms with Gasteiger partial charge in [0.1, 0.15) is 17.9 Å². The van der Waals surface area contributed by atoms with E-state index in [2.05, 4.69) is 25.3 Å². The molecular weight excluding hydrogens is 322 g/mol. The van der Waals surface area contributed by atoms with Gasteiger partial charge in [-0.2, -0.15) is 19.3 Å². The first-order chi connectivity index (χ1) is 11.5. The van der Waals surface area contributed by atoms with Crippen LogP contribution >= 0.6 is 0 Å². The summed E-state index contributed by atoms with van der Waals surface area (Å²) >= 11 is 0. The van der Waals surface area contributed by atoms with Crippen LogP contribution < -0.4 is 15.4 Å². The molecule has 10 heteroatoms. The van der Waals surface area contributed by atoms with E-state index in [0.717, 1.165) is 0 Å². The van der Waals surface area contributed by atoms with E-state index in [0.29, 0.717) is 5.69 Å². The zero-order valence-corrected chi connectivity index (χ0v) is 12.0. The number of anilines is 2. The number of nitrogens with zero attached hydrogens (tertiary/aromatic N) is 3. The molecule has 1 amide bonds. The molecule has 0 aliphatic heterocycles. The molecule has 0 radical (unpaired) electrons. The third kappa shape index (κ3) is 4.42. The fraction of sp³-hybridized carbons (Fsp3) is 0.143. The maximum atomic E-state index is 12.0. The van der Waals surface area contributed by atoms with E-state index in [4.69, 9.17) is 10.5 Å². The van der Waals surface area contributed by atoms with Crippen molar-refractivity contribution in [1.29, 1.82) is 10.5 Å². The Morgan fingerprint density at radius 3 is 2.54 bits per heavy atom. The number of carbonyl (C=O) groups excluding carboxylic acids is 1. The van der Waals surface area contributed by atoms with E-state index in [1.54, 1.807) is 12.1 Å². The van der Waals surface area contributed by atoms with E-state index in [1.165, 1.54) is 24.3 Å². The number of ether oxygens (including phenoxy) is 1. The highest BCUT2D eigenvalue weighted by Gasteiger charge is 2.10. The topological polar surface area (TPSA) is 127 Å². The number of carbonyl (C=O) groups is 1. The molecule has 1 aromatic carbocycles. The molecule has 0 saturated heterocycles. The average molecular weight is 332 g/mol. The normalized spacial score (nSPS) is 9.88. The number of H-pyrrole nitrogens is 1. The van der Waals surface area contributed by atoms with Crippen molar-refractivity contribution in [3.05, 3.63) is 35.7 Å². The molecule has 1 aromatic heterocycles. The fourth-order valence-corrected chi connectivity index (χ4v) is 1.71. The van der Waals surface area contributed by atoms with Crippen LogP contribution in [0.15, 0.2) is 24.3 Å². The number of aromatic nitrogens is 2. The van der Waals surface area contributed by atoms with Crippen molar-refractivity contribution < 1.29 is 18.3 Å². The summed E-state index contributed by atoms with van der Waals surface area (Å²) in [4.78, 5) is 18.1. The van der Waals surface area contributed by atoms with Crippen LogP contribution in [0.25, 0.3) is 0 Å². The van der Waals surface area contributed by atoms with Gasteiger partial charge in [-0.25, -0.2) is 4.98 Å². The summed E-state index contributed by atoms with van der Waals surface area (Å²) in [5.74, 6) is -0.352. The number of nitrogens with one attached hydrogen (secondary N) is 3. The number of halogens is 2. The van der Waals surface area contributed by atoms with Crippen LogP contribution in [-0.4, -0.2) is 29.0 Å². The Labute approximate surface area is 134 Å². The second-order valence-electron chi connectivity index (χ2n) is 4.34. The van der Waals surface area contributed by atoms with Crippen LogP contribution in [0.5, 0.6) is 5.75 Å². The van der Waals surface area contributed by atoms with Crippen LogP contribution in [0.3, 0.4) is 0 Å². The molecule has 2 rings (SSSR count). The van der Waals surface area contributed by atoms with E-state index >= 15 is 0 Å². The summed E-state index contributed by atoms with van der Waals surface area (Å²) in [5.41, 5.74) is 0.309. The van der Waals surface area contributed by atoms with Gasteiger partial charge in [-0.3, -0.25) is 4.79 Å². The highest BCUT2D eigenvalue weighted by molar-refractivity contribution is 5.93. The van der Waals surface area contributed by atoms with Crippen LogP contribution in [0.2, 0.25) is 0 Å². The summed E-state index contributed by atoms with van der Waals surface area (Å²) in [6.45, 7) is -3.10. The summed E-state index contributed by atoms with van der Waals surface area (Å²) in [6.07, 6.45) is 0. The lowest BCUT2D eigenvalue weighted by Crippen LogP contribution is -2.22. The van der Waals surface area contributed by atoms with Crippen molar-refractivity contribution in [3.63, 3.8) is 0 Å². The molecule has 0 aliphatic rings. The van der Waals surface area contributed by atoms with Crippen LogP contribution in [-0.2, 0) is 4.79 Å². The largest absolute Gasteiger partial charge is 0.435 e. The molecule has 3 N–H and O–H groups in total. The number of benzene rings is 1. The summed E-state index contributed by atoms with van der Waals surface area (Å²) in [7, 11) is 0. The predicted molar refractivity (Wildman–Crippen MR) is 78.2 cm³/mol. The number of amides is 1. The number of nitriles is 2. The Morgan fingerprint density at radius 2 is 2.00 bits per heavy atom. The molecule has 0 aliphatic carbocycles. The van der Waals surface area contributed by atoms with Crippen molar-refractivity contribution in [2.45, 2.75) is 6.61 Å². The number of hydrogen-bond acceptors (Lipinski definition) is 6.